The lowest BCUT2D eigenvalue weighted by Crippen LogP contribution is -2.64. The number of benzene rings is 4. The second-order valence-corrected chi connectivity index (χ2v) is 22.0. The van der Waals surface area contributed by atoms with Crippen molar-refractivity contribution in [1.82, 2.24) is 9.13 Å². The molecule has 0 saturated carbocycles. The Morgan fingerprint density at radius 3 is 1.74 bits per heavy atom. The smallest absolute Gasteiger partial charge is 0.335 e. The van der Waals surface area contributed by atoms with Crippen LogP contribution in [0.2, 0.25) is 16.6 Å². The summed E-state index contributed by atoms with van der Waals surface area (Å²) in [4.78, 5) is 27.3. The van der Waals surface area contributed by atoms with Crippen molar-refractivity contribution < 1.29 is 43.1 Å². The summed E-state index contributed by atoms with van der Waals surface area (Å²) in [5.74, 6) is 1.28. The molecule has 4 atom stereocenters. The standard InChI is InChI=1S/C48H60N2O11Si/c1-33(2)62(34(3)4,35(5)6)59-31-47(45(53)60-44(52)43(61-47)49-28-27-42(51)50(46(49)54)32-57-29-36-15-11-9-12-16-36)30-58-48(37-17-13-10-14-18-37,38-19-23-40(55-7)24-20-38)39-21-25-41(56-8)26-22-39/h9-28,33-35,43-45,52-53H,29-32H2,1-8H3/t43-,44?,45?,47+/m1/s1. The average Bonchev–Trinajstić information content (AvgIpc) is 3.27. The molecule has 13 nitrogen and oxygen atoms in total. The first-order chi connectivity index (χ1) is 29.7. The molecule has 1 aliphatic rings. The molecule has 6 rings (SSSR count). The summed E-state index contributed by atoms with van der Waals surface area (Å²) in [6.07, 6.45) is -4.00. The van der Waals surface area contributed by atoms with Crippen LogP contribution >= 0.6 is 0 Å². The van der Waals surface area contributed by atoms with E-state index in [0.29, 0.717) is 11.5 Å². The number of rotatable bonds is 19. The van der Waals surface area contributed by atoms with Gasteiger partial charge in [-0.05, 0) is 63.1 Å². The number of methoxy groups -OCH3 is 2. The number of aromatic nitrogens is 2. The van der Waals surface area contributed by atoms with E-state index in [1.807, 2.05) is 109 Å². The Hall–Kier alpha value is -4.90. The van der Waals surface area contributed by atoms with Gasteiger partial charge in [-0.1, -0.05) is 126 Å². The highest BCUT2D eigenvalue weighted by molar-refractivity contribution is 6.77. The lowest BCUT2D eigenvalue weighted by Gasteiger charge is -2.50. The lowest BCUT2D eigenvalue weighted by atomic mass is 9.79. The Morgan fingerprint density at radius 1 is 0.710 bits per heavy atom. The zero-order chi connectivity index (χ0) is 44.7. The molecule has 1 aromatic heterocycles. The van der Waals surface area contributed by atoms with Crippen LogP contribution in [0.3, 0.4) is 0 Å². The van der Waals surface area contributed by atoms with E-state index in [2.05, 4.69) is 41.5 Å². The number of aliphatic hydroxyl groups excluding tert-OH is 2. The number of hydrogen-bond acceptors (Lipinski definition) is 11. The highest BCUT2D eigenvalue weighted by Gasteiger charge is 2.55. The molecule has 5 aromatic rings. The fraction of sp³-hybridized carbons (Fsp3) is 0.417. The van der Waals surface area contributed by atoms with Gasteiger partial charge in [-0.2, -0.15) is 0 Å². The van der Waals surface area contributed by atoms with Crippen molar-refractivity contribution in [2.24, 2.45) is 0 Å². The van der Waals surface area contributed by atoms with Crippen molar-refractivity contribution in [3.8, 4) is 11.5 Å². The summed E-state index contributed by atoms with van der Waals surface area (Å²) in [5, 5.41) is 23.7. The molecular weight excluding hydrogens is 809 g/mol. The fourth-order valence-electron chi connectivity index (χ4n) is 8.85. The minimum absolute atomic E-state index is 0.146. The molecule has 2 N–H and O–H groups in total. The van der Waals surface area contributed by atoms with Crippen molar-refractivity contribution in [3.05, 3.63) is 165 Å². The van der Waals surface area contributed by atoms with Gasteiger partial charge in [0.15, 0.2) is 26.4 Å². The van der Waals surface area contributed by atoms with Gasteiger partial charge in [0, 0.05) is 12.3 Å². The highest BCUT2D eigenvalue weighted by atomic mass is 28.4. The summed E-state index contributed by atoms with van der Waals surface area (Å²) in [5.41, 5.74) is -1.17. The molecule has 2 heterocycles. The van der Waals surface area contributed by atoms with Gasteiger partial charge in [-0.15, -0.1) is 0 Å². The second kappa shape index (κ2) is 20.1. The molecule has 62 heavy (non-hydrogen) atoms. The topological polar surface area (TPSA) is 149 Å². The number of nitrogens with zero attached hydrogens (tertiary/aromatic N) is 2. The van der Waals surface area contributed by atoms with Gasteiger partial charge in [0.2, 0.25) is 6.29 Å². The van der Waals surface area contributed by atoms with Crippen molar-refractivity contribution in [2.75, 3.05) is 27.4 Å². The quantitative estimate of drug-likeness (QED) is 0.0635. The van der Waals surface area contributed by atoms with Gasteiger partial charge in [0.05, 0.1) is 34.0 Å². The molecule has 4 aromatic carbocycles. The maximum atomic E-state index is 14.2. The van der Waals surface area contributed by atoms with Gasteiger partial charge >= 0.3 is 5.69 Å². The molecule has 0 amide bonds. The molecule has 0 aliphatic carbocycles. The predicted molar refractivity (Wildman–Crippen MR) is 237 cm³/mol. The molecule has 2 unspecified atom stereocenters. The Balaban J connectivity index is 1.49. The molecule has 0 spiro atoms. The summed E-state index contributed by atoms with van der Waals surface area (Å²) in [6, 6.07) is 35.2. The third kappa shape index (κ3) is 9.38. The second-order valence-electron chi connectivity index (χ2n) is 16.6. The average molecular weight is 869 g/mol. The van der Waals surface area contributed by atoms with Crippen molar-refractivity contribution in [2.45, 2.75) is 102 Å². The van der Waals surface area contributed by atoms with Crippen LogP contribution in [0.1, 0.15) is 70.0 Å². The summed E-state index contributed by atoms with van der Waals surface area (Å²) in [6.45, 7) is 12.0. The van der Waals surface area contributed by atoms with E-state index in [4.69, 9.17) is 32.8 Å². The SMILES string of the molecule is COc1ccc(C(OC[C@@]2(CO[Si](C(C)C)(C(C)C)C(C)C)O[C@@H](n3ccc(=O)n(COCc4ccccc4)c3=O)C(O)OC2O)(c2ccccc2)c2ccc(OC)cc2)cc1. The maximum absolute atomic E-state index is 14.2. The van der Waals surface area contributed by atoms with E-state index in [0.717, 1.165) is 31.4 Å². The Kier molecular flexibility index (Phi) is 15.1. The lowest BCUT2D eigenvalue weighted by molar-refractivity contribution is -0.399. The highest BCUT2D eigenvalue weighted by Crippen LogP contribution is 2.47. The van der Waals surface area contributed by atoms with Gasteiger partial charge in [-0.25, -0.2) is 9.36 Å². The maximum Gasteiger partial charge on any atom is 0.335 e. The monoisotopic (exact) mass is 868 g/mol. The van der Waals surface area contributed by atoms with Crippen LogP contribution in [-0.2, 0) is 42.3 Å². The molecule has 0 bridgehead atoms. The minimum Gasteiger partial charge on any atom is -0.497 e. The zero-order valence-electron chi connectivity index (χ0n) is 36.8. The van der Waals surface area contributed by atoms with Gasteiger partial charge in [0.25, 0.3) is 5.56 Å². The zero-order valence-corrected chi connectivity index (χ0v) is 37.8. The van der Waals surface area contributed by atoms with Gasteiger partial charge in [0.1, 0.15) is 23.8 Å². The summed E-state index contributed by atoms with van der Waals surface area (Å²) < 4.78 is 46.2. The summed E-state index contributed by atoms with van der Waals surface area (Å²) in [7, 11) is 0.506. The van der Waals surface area contributed by atoms with Crippen LogP contribution in [0, 0.1) is 0 Å². The van der Waals surface area contributed by atoms with Crippen molar-refractivity contribution in [1.29, 1.82) is 0 Å². The molecule has 1 aliphatic heterocycles. The van der Waals surface area contributed by atoms with Crippen LogP contribution in [-0.4, -0.2) is 73.3 Å². The van der Waals surface area contributed by atoms with Crippen molar-refractivity contribution in [3.63, 3.8) is 0 Å². The number of ether oxygens (including phenoxy) is 6. The fourth-order valence-corrected chi connectivity index (χ4v) is 14.3. The van der Waals surface area contributed by atoms with Crippen LogP contribution in [0.5, 0.6) is 11.5 Å². The first-order valence-corrected chi connectivity index (χ1v) is 23.1. The Bertz CT molecular complexity index is 2230. The first-order valence-electron chi connectivity index (χ1n) is 21.0. The molecule has 0 radical (unpaired) electrons. The third-order valence-electron chi connectivity index (χ3n) is 12.0. The number of hydrogen-bond donors (Lipinski definition) is 2. The number of aliphatic hydroxyl groups is 2. The van der Waals surface area contributed by atoms with E-state index in [1.54, 1.807) is 14.2 Å². The Morgan fingerprint density at radius 2 is 1.23 bits per heavy atom. The molecule has 332 valence electrons. The van der Waals surface area contributed by atoms with E-state index in [-0.39, 0.29) is 43.2 Å². The van der Waals surface area contributed by atoms with Crippen molar-refractivity contribution >= 4 is 8.32 Å². The van der Waals surface area contributed by atoms with E-state index in [1.165, 1.54) is 12.3 Å². The molecular formula is C48H60N2O11Si. The largest absolute Gasteiger partial charge is 0.497 e. The van der Waals surface area contributed by atoms with Gasteiger partial charge in [-0.3, -0.25) is 9.36 Å². The molecule has 14 heteroatoms. The molecule has 1 fully saturated rings. The predicted octanol–water partition coefficient (Wildman–Crippen LogP) is 7.32. The van der Waals surface area contributed by atoms with E-state index >= 15 is 0 Å². The van der Waals surface area contributed by atoms with Gasteiger partial charge < -0.3 is 43.1 Å². The minimum atomic E-state index is -2.69. The Labute approximate surface area is 364 Å². The van der Waals surface area contributed by atoms with E-state index < -0.39 is 49.6 Å². The normalized spacial score (nSPS) is 19.6. The molecule has 1 saturated heterocycles. The van der Waals surface area contributed by atoms with Crippen LogP contribution in [0.4, 0.5) is 0 Å². The first kappa shape index (κ1) is 46.6. The van der Waals surface area contributed by atoms with Crippen LogP contribution in [0.15, 0.2) is 131 Å². The van der Waals surface area contributed by atoms with Crippen LogP contribution < -0.4 is 20.7 Å². The third-order valence-corrected chi connectivity index (χ3v) is 18.1. The van der Waals surface area contributed by atoms with Crippen LogP contribution in [0.25, 0.3) is 0 Å². The summed E-state index contributed by atoms with van der Waals surface area (Å²) >= 11 is 0. The van der Waals surface area contributed by atoms with E-state index in [9.17, 15) is 19.8 Å².